The fraction of sp³-hybridized carbons (Fsp3) is 0.500. The molecule has 0 bridgehead atoms. The molecular weight excluding hydrogens is 334 g/mol. The third-order valence-corrected chi connectivity index (χ3v) is 4.82. The van der Waals surface area contributed by atoms with Crippen molar-refractivity contribution in [3.63, 3.8) is 0 Å². The fourth-order valence-electron chi connectivity index (χ4n) is 3.36. The highest BCUT2D eigenvalue weighted by molar-refractivity contribution is 6.00. The van der Waals surface area contributed by atoms with E-state index in [-0.39, 0.29) is 12.7 Å². The molecular formula is C18H25N5O3. The first-order valence-corrected chi connectivity index (χ1v) is 8.86. The second-order valence-electron chi connectivity index (χ2n) is 6.47. The van der Waals surface area contributed by atoms with E-state index < -0.39 is 0 Å². The molecule has 26 heavy (non-hydrogen) atoms. The Hall–Kier alpha value is -2.61. The number of carbonyl (C=O) groups is 1. The van der Waals surface area contributed by atoms with Gasteiger partial charge in [-0.25, -0.2) is 14.8 Å². The van der Waals surface area contributed by atoms with Gasteiger partial charge in [0.15, 0.2) is 0 Å². The highest BCUT2D eigenvalue weighted by Crippen LogP contribution is 2.22. The van der Waals surface area contributed by atoms with Gasteiger partial charge in [0.2, 0.25) is 0 Å². The Labute approximate surface area is 151 Å². The molecule has 0 unspecified atom stereocenters. The number of aromatic amines is 2. The number of ether oxygens (including phenoxy) is 1. The van der Waals surface area contributed by atoms with E-state index in [1.54, 1.807) is 11.1 Å². The van der Waals surface area contributed by atoms with E-state index in [0.29, 0.717) is 11.9 Å². The number of imidazole rings is 1. The highest BCUT2D eigenvalue weighted by atomic mass is 16.5. The molecule has 1 aliphatic carbocycles. The highest BCUT2D eigenvalue weighted by Gasteiger charge is 2.21. The standard InChI is InChI=1S/C9H8N4O.C9H17NO2/c14-4-7-12-6-3-11-9-5(1-2-10-9)8(6)13-7;1-10(9(11)12-2)8-6-4-3-5-7-8/h1-3,14H,4H2,(H,10,11)(H,12,13);8H,3-7H2,1-2H3. The lowest BCUT2D eigenvalue weighted by Crippen LogP contribution is -2.38. The van der Waals surface area contributed by atoms with Crippen LogP contribution in [0.5, 0.6) is 0 Å². The van der Waals surface area contributed by atoms with E-state index in [1.807, 2.05) is 19.3 Å². The minimum absolute atomic E-state index is 0.0827. The van der Waals surface area contributed by atoms with Crippen molar-refractivity contribution in [1.82, 2.24) is 24.8 Å². The maximum absolute atomic E-state index is 11.1. The molecule has 8 heteroatoms. The summed E-state index contributed by atoms with van der Waals surface area (Å²) >= 11 is 0. The van der Waals surface area contributed by atoms with Crippen molar-refractivity contribution >= 4 is 28.2 Å². The zero-order valence-corrected chi connectivity index (χ0v) is 15.2. The SMILES string of the molecule is COC(=O)N(C)C1CCCCC1.OCc1nc2c(cnc3[nH]ccc32)[nH]1. The normalized spacial score (nSPS) is 14.9. The molecule has 0 aliphatic heterocycles. The molecule has 1 aliphatic rings. The average Bonchev–Trinajstić information content (AvgIpc) is 3.33. The summed E-state index contributed by atoms with van der Waals surface area (Å²) in [6, 6.07) is 2.33. The maximum Gasteiger partial charge on any atom is 0.409 e. The lowest BCUT2D eigenvalue weighted by molar-refractivity contribution is 0.108. The summed E-state index contributed by atoms with van der Waals surface area (Å²) in [4.78, 5) is 27.3. The summed E-state index contributed by atoms with van der Waals surface area (Å²) in [5.74, 6) is 0.565. The molecule has 0 spiro atoms. The van der Waals surface area contributed by atoms with Crippen molar-refractivity contribution in [1.29, 1.82) is 0 Å². The number of amides is 1. The van der Waals surface area contributed by atoms with Crippen LogP contribution in [0.2, 0.25) is 0 Å². The quantitative estimate of drug-likeness (QED) is 0.652. The van der Waals surface area contributed by atoms with Gasteiger partial charge < -0.3 is 24.7 Å². The minimum Gasteiger partial charge on any atom is -0.453 e. The molecule has 0 radical (unpaired) electrons. The van der Waals surface area contributed by atoms with Gasteiger partial charge in [-0.05, 0) is 18.9 Å². The topological polar surface area (TPSA) is 107 Å². The van der Waals surface area contributed by atoms with Gasteiger partial charge in [-0.1, -0.05) is 19.3 Å². The summed E-state index contributed by atoms with van der Waals surface area (Å²) in [6.07, 6.45) is 9.38. The van der Waals surface area contributed by atoms with E-state index in [1.165, 1.54) is 26.4 Å². The molecule has 0 atom stereocenters. The van der Waals surface area contributed by atoms with Crippen LogP contribution in [0.1, 0.15) is 37.9 Å². The van der Waals surface area contributed by atoms with E-state index in [0.717, 1.165) is 34.9 Å². The van der Waals surface area contributed by atoms with Gasteiger partial charge in [0.1, 0.15) is 23.6 Å². The van der Waals surface area contributed by atoms with Gasteiger partial charge in [0.05, 0.1) is 18.8 Å². The Kier molecular flexibility index (Phi) is 5.72. The minimum atomic E-state index is -0.207. The lowest BCUT2D eigenvalue weighted by Gasteiger charge is -2.29. The number of H-pyrrole nitrogens is 2. The van der Waals surface area contributed by atoms with Gasteiger partial charge in [-0.2, -0.15) is 0 Å². The summed E-state index contributed by atoms with van der Waals surface area (Å²) in [5, 5.41) is 9.91. The molecule has 140 valence electrons. The Morgan fingerprint density at radius 2 is 2.15 bits per heavy atom. The lowest BCUT2D eigenvalue weighted by atomic mass is 9.95. The summed E-state index contributed by atoms with van der Waals surface area (Å²) in [6.45, 7) is -0.0827. The summed E-state index contributed by atoms with van der Waals surface area (Å²) in [7, 11) is 3.25. The second-order valence-corrected chi connectivity index (χ2v) is 6.47. The zero-order chi connectivity index (χ0) is 18.5. The van der Waals surface area contributed by atoms with Gasteiger partial charge in [0, 0.05) is 24.7 Å². The van der Waals surface area contributed by atoms with Crippen molar-refractivity contribution < 1.29 is 14.6 Å². The Balaban J connectivity index is 0.000000153. The molecule has 1 amide bonds. The average molecular weight is 359 g/mol. The van der Waals surface area contributed by atoms with Crippen LogP contribution in [0.4, 0.5) is 4.79 Å². The van der Waals surface area contributed by atoms with Crippen molar-refractivity contribution in [2.75, 3.05) is 14.2 Å². The van der Waals surface area contributed by atoms with Crippen LogP contribution in [0, 0.1) is 0 Å². The number of hydrogen-bond acceptors (Lipinski definition) is 5. The first-order valence-electron chi connectivity index (χ1n) is 8.86. The number of nitrogens with one attached hydrogen (secondary N) is 2. The third kappa shape index (κ3) is 3.80. The number of hydrogen-bond donors (Lipinski definition) is 3. The summed E-state index contributed by atoms with van der Waals surface area (Å²) in [5.41, 5.74) is 2.51. The Bertz CT molecular complexity index is 866. The number of aliphatic hydroxyl groups excluding tert-OH is 1. The predicted molar refractivity (Wildman–Crippen MR) is 98.7 cm³/mol. The van der Waals surface area contributed by atoms with Gasteiger partial charge in [-0.15, -0.1) is 0 Å². The van der Waals surface area contributed by atoms with E-state index in [9.17, 15) is 4.79 Å². The molecule has 4 rings (SSSR count). The van der Waals surface area contributed by atoms with Crippen LogP contribution >= 0.6 is 0 Å². The first kappa shape index (κ1) is 18.2. The number of methoxy groups -OCH3 is 1. The largest absolute Gasteiger partial charge is 0.453 e. The van der Waals surface area contributed by atoms with Crippen LogP contribution in [0.15, 0.2) is 18.5 Å². The first-order chi connectivity index (χ1) is 12.6. The number of aromatic nitrogens is 4. The zero-order valence-electron chi connectivity index (χ0n) is 15.2. The van der Waals surface area contributed by atoms with E-state index in [2.05, 4.69) is 24.7 Å². The number of fused-ring (bicyclic) bond motifs is 3. The number of aliphatic hydroxyl groups is 1. The number of pyridine rings is 1. The maximum atomic E-state index is 11.1. The Morgan fingerprint density at radius 3 is 2.85 bits per heavy atom. The molecule has 3 heterocycles. The molecule has 0 aromatic carbocycles. The molecule has 1 fully saturated rings. The van der Waals surface area contributed by atoms with Crippen molar-refractivity contribution in [2.24, 2.45) is 0 Å². The number of nitrogens with zero attached hydrogens (tertiary/aromatic N) is 3. The van der Waals surface area contributed by atoms with Crippen LogP contribution in [0.3, 0.4) is 0 Å². The monoisotopic (exact) mass is 359 g/mol. The fourth-order valence-corrected chi connectivity index (χ4v) is 3.36. The van der Waals surface area contributed by atoms with Gasteiger partial charge in [0.25, 0.3) is 0 Å². The number of carbonyl (C=O) groups excluding carboxylic acids is 1. The summed E-state index contributed by atoms with van der Waals surface area (Å²) < 4.78 is 4.65. The third-order valence-electron chi connectivity index (χ3n) is 4.82. The molecule has 3 aromatic rings. The second kappa shape index (κ2) is 8.18. The van der Waals surface area contributed by atoms with E-state index >= 15 is 0 Å². The molecule has 3 aromatic heterocycles. The van der Waals surface area contributed by atoms with E-state index in [4.69, 9.17) is 5.11 Å². The smallest absolute Gasteiger partial charge is 0.409 e. The van der Waals surface area contributed by atoms with Gasteiger partial charge >= 0.3 is 6.09 Å². The number of rotatable bonds is 2. The molecule has 3 N–H and O–H groups in total. The van der Waals surface area contributed by atoms with Crippen LogP contribution < -0.4 is 0 Å². The Morgan fingerprint density at radius 1 is 1.38 bits per heavy atom. The van der Waals surface area contributed by atoms with Crippen molar-refractivity contribution in [2.45, 2.75) is 44.8 Å². The van der Waals surface area contributed by atoms with Crippen molar-refractivity contribution in [3.05, 3.63) is 24.3 Å². The van der Waals surface area contributed by atoms with Crippen molar-refractivity contribution in [3.8, 4) is 0 Å². The van der Waals surface area contributed by atoms with Crippen LogP contribution in [0.25, 0.3) is 22.1 Å². The molecule has 8 nitrogen and oxygen atoms in total. The van der Waals surface area contributed by atoms with Gasteiger partial charge in [-0.3, -0.25) is 0 Å². The molecule has 1 saturated carbocycles. The molecule has 0 saturated heterocycles. The van der Waals surface area contributed by atoms with Crippen LogP contribution in [-0.4, -0.2) is 56.2 Å². The van der Waals surface area contributed by atoms with Crippen LogP contribution in [-0.2, 0) is 11.3 Å². The predicted octanol–water partition coefficient (Wildman–Crippen LogP) is 2.95.